The molecule has 39 heavy (non-hydrogen) atoms. The Morgan fingerprint density at radius 2 is 0.744 bits per heavy atom. The van der Waals surface area contributed by atoms with Crippen LogP contribution in [0.4, 0.5) is 0 Å². The number of rotatable bonds is 6. The first-order valence-electron chi connectivity index (χ1n) is 11.6. The summed E-state index contributed by atoms with van der Waals surface area (Å²) in [4.78, 5) is 67.3. The molecule has 2 aliphatic heterocycles. The second kappa shape index (κ2) is 11.2. The Morgan fingerprint density at radius 3 is 0.974 bits per heavy atom. The SMILES string of the molecule is O.O=C1OOC1(C(=O)c1ccccc1)c1ccccc1.O=C1OOC1(C(=O)c1ccccc1)c1ccccc1. The smallest absolute Gasteiger partial charge is 0.391 e. The molecule has 9 heteroatoms. The number of Topliss-reactive ketones (excluding diaryl/α,β-unsaturated/α-hetero) is 2. The highest BCUT2D eigenvalue weighted by Crippen LogP contribution is 2.39. The predicted octanol–water partition coefficient (Wildman–Crippen LogP) is 3.68. The quantitative estimate of drug-likeness (QED) is 0.211. The lowest BCUT2D eigenvalue weighted by Gasteiger charge is -2.35. The van der Waals surface area contributed by atoms with E-state index in [1.807, 2.05) is 0 Å². The molecule has 4 aromatic carbocycles. The molecule has 0 aliphatic carbocycles. The molecule has 0 bridgehead atoms. The second-order valence-corrected chi connectivity index (χ2v) is 8.39. The van der Waals surface area contributed by atoms with Gasteiger partial charge in [-0.25, -0.2) is 9.59 Å². The Balaban J connectivity index is 0.000000176. The zero-order chi connectivity index (χ0) is 26.6. The molecule has 0 aromatic heterocycles. The first-order valence-corrected chi connectivity index (χ1v) is 11.6. The van der Waals surface area contributed by atoms with Crippen molar-refractivity contribution in [2.24, 2.45) is 0 Å². The van der Waals surface area contributed by atoms with Gasteiger partial charge < -0.3 is 5.48 Å². The summed E-state index contributed by atoms with van der Waals surface area (Å²) in [6, 6.07) is 34.3. The monoisotopic (exact) mass is 526 g/mol. The molecule has 2 saturated heterocycles. The first-order chi connectivity index (χ1) is 18.5. The van der Waals surface area contributed by atoms with Crippen LogP contribution in [-0.2, 0) is 40.3 Å². The summed E-state index contributed by atoms with van der Waals surface area (Å²) in [6.45, 7) is 0. The molecule has 2 heterocycles. The van der Waals surface area contributed by atoms with Crippen LogP contribution in [0.25, 0.3) is 0 Å². The third-order valence-corrected chi connectivity index (χ3v) is 6.13. The number of carbonyl (C=O) groups is 4. The number of benzene rings is 4. The van der Waals surface area contributed by atoms with Gasteiger partial charge in [0.1, 0.15) is 0 Å². The van der Waals surface area contributed by atoms with Crippen molar-refractivity contribution in [3.63, 3.8) is 0 Å². The van der Waals surface area contributed by atoms with E-state index in [-0.39, 0.29) is 5.48 Å². The summed E-state index contributed by atoms with van der Waals surface area (Å²) in [7, 11) is 0. The van der Waals surface area contributed by atoms with Crippen molar-refractivity contribution in [2.75, 3.05) is 0 Å². The molecular weight excluding hydrogens is 504 g/mol. The molecule has 9 nitrogen and oxygen atoms in total. The second-order valence-electron chi connectivity index (χ2n) is 8.39. The maximum absolute atomic E-state index is 12.5. The number of hydrogen-bond donors (Lipinski definition) is 0. The van der Waals surface area contributed by atoms with Crippen LogP contribution in [0.5, 0.6) is 0 Å². The molecule has 2 atom stereocenters. The molecule has 2 N–H and O–H groups in total. The van der Waals surface area contributed by atoms with Gasteiger partial charge in [-0.2, -0.15) is 9.78 Å². The van der Waals surface area contributed by atoms with Crippen molar-refractivity contribution in [2.45, 2.75) is 11.2 Å². The zero-order valence-corrected chi connectivity index (χ0v) is 20.3. The highest BCUT2D eigenvalue weighted by atomic mass is 17.3. The van der Waals surface area contributed by atoms with Gasteiger partial charge >= 0.3 is 23.1 Å². The Morgan fingerprint density at radius 1 is 0.462 bits per heavy atom. The van der Waals surface area contributed by atoms with Crippen LogP contribution in [0, 0.1) is 0 Å². The standard InChI is InChI=1S/2C15H10O4.H2O/c2*16-13(11-7-3-1-4-8-11)15(14(17)18-19-15)12-9-5-2-6-10-12;/h2*1-10H;1H2. The molecule has 0 radical (unpaired) electrons. The molecule has 4 aromatic rings. The summed E-state index contributed by atoms with van der Waals surface area (Å²) < 4.78 is 0. The summed E-state index contributed by atoms with van der Waals surface area (Å²) in [5.74, 6) is -2.22. The van der Waals surface area contributed by atoms with Gasteiger partial charge in [0.25, 0.3) is 0 Å². The van der Waals surface area contributed by atoms with Crippen molar-refractivity contribution in [3.05, 3.63) is 144 Å². The lowest BCUT2D eigenvalue weighted by molar-refractivity contribution is -0.390. The predicted molar refractivity (Wildman–Crippen MR) is 136 cm³/mol. The maximum atomic E-state index is 12.5. The van der Waals surface area contributed by atoms with Crippen LogP contribution >= 0.6 is 0 Å². The highest BCUT2D eigenvalue weighted by molar-refractivity contribution is 6.18. The van der Waals surface area contributed by atoms with Crippen molar-refractivity contribution in [3.8, 4) is 0 Å². The van der Waals surface area contributed by atoms with Gasteiger partial charge in [-0.15, -0.1) is 0 Å². The summed E-state index contributed by atoms with van der Waals surface area (Å²) in [5, 5.41) is 0. The molecular formula is C30H22O9. The molecule has 0 saturated carbocycles. The van der Waals surface area contributed by atoms with Gasteiger partial charge in [0, 0.05) is 22.3 Å². The fourth-order valence-electron chi connectivity index (χ4n) is 4.10. The van der Waals surface area contributed by atoms with Crippen LogP contribution in [-0.4, -0.2) is 29.0 Å². The number of ketones is 2. The van der Waals surface area contributed by atoms with E-state index >= 15 is 0 Å². The largest absolute Gasteiger partial charge is 0.412 e. The topological polar surface area (TPSA) is 137 Å². The normalized spacial score (nSPS) is 20.8. The van der Waals surface area contributed by atoms with E-state index in [2.05, 4.69) is 9.78 Å². The minimum absolute atomic E-state index is 0. The van der Waals surface area contributed by atoms with Crippen molar-refractivity contribution in [1.29, 1.82) is 0 Å². The summed E-state index contributed by atoms with van der Waals surface area (Å²) in [6.07, 6.45) is 0. The average molecular weight is 526 g/mol. The summed E-state index contributed by atoms with van der Waals surface area (Å²) in [5.41, 5.74) is -1.57. The van der Waals surface area contributed by atoms with Gasteiger partial charge in [0.05, 0.1) is 0 Å². The van der Waals surface area contributed by atoms with Crippen LogP contribution in [0.2, 0.25) is 0 Å². The first kappa shape index (κ1) is 27.1. The highest BCUT2D eigenvalue weighted by Gasteiger charge is 2.61. The third kappa shape index (κ3) is 4.62. The average Bonchev–Trinajstić information content (AvgIpc) is 2.98. The minimum Gasteiger partial charge on any atom is -0.412 e. The van der Waals surface area contributed by atoms with E-state index in [4.69, 9.17) is 9.78 Å². The maximum Gasteiger partial charge on any atom is 0.391 e. The van der Waals surface area contributed by atoms with Gasteiger partial charge in [0.2, 0.25) is 11.6 Å². The molecule has 0 spiro atoms. The number of hydrogen-bond acceptors (Lipinski definition) is 8. The third-order valence-electron chi connectivity index (χ3n) is 6.13. The van der Waals surface area contributed by atoms with Crippen LogP contribution < -0.4 is 0 Å². The van der Waals surface area contributed by atoms with Gasteiger partial charge in [0.15, 0.2) is 0 Å². The lowest BCUT2D eigenvalue weighted by atomic mass is 9.85. The molecule has 6 rings (SSSR count). The van der Waals surface area contributed by atoms with E-state index in [9.17, 15) is 19.2 Å². The van der Waals surface area contributed by atoms with Crippen LogP contribution in [0.15, 0.2) is 121 Å². The molecule has 196 valence electrons. The zero-order valence-electron chi connectivity index (χ0n) is 20.3. The van der Waals surface area contributed by atoms with E-state index in [0.29, 0.717) is 22.3 Å². The van der Waals surface area contributed by atoms with E-state index in [1.165, 1.54) is 0 Å². The van der Waals surface area contributed by atoms with Crippen molar-refractivity contribution >= 4 is 23.5 Å². The Kier molecular flexibility index (Phi) is 7.78. The van der Waals surface area contributed by atoms with Crippen LogP contribution in [0.1, 0.15) is 31.8 Å². The van der Waals surface area contributed by atoms with Gasteiger partial charge in [-0.05, 0) is 0 Å². The van der Waals surface area contributed by atoms with Gasteiger partial charge in [-0.1, -0.05) is 121 Å². The fraction of sp³-hybridized carbons (Fsp3) is 0.0667. The van der Waals surface area contributed by atoms with E-state index < -0.39 is 34.7 Å². The Bertz CT molecular complexity index is 1360. The summed E-state index contributed by atoms with van der Waals surface area (Å²) >= 11 is 0. The van der Waals surface area contributed by atoms with Crippen molar-refractivity contribution < 1.29 is 44.2 Å². The Hall–Kier alpha value is -4.96. The van der Waals surface area contributed by atoms with Crippen molar-refractivity contribution in [1.82, 2.24) is 0 Å². The molecule has 2 aliphatic rings. The van der Waals surface area contributed by atoms with Gasteiger partial charge in [-0.3, -0.25) is 19.4 Å². The lowest BCUT2D eigenvalue weighted by Crippen LogP contribution is -2.55. The van der Waals surface area contributed by atoms with Crippen LogP contribution in [0.3, 0.4) is 0 Å². The molecule has 2 fully saturated rings. The molecule has 2 unspecified atom stereocenters. The number of carbonyl (C=O) groups excluding carboxylic acids is 4. The Labute approximate surface area is 222 Å². The van der Waals surface area contributed by atoms with E-state index in [0.717, 1.165) is 0 Å². The van der Waals surface area contributed by atoms with E-state index in [1.54, 1.807) is 121 Å². The minimum atomic E-state index is -1.66. The molecule has 0 amide bonds. The fourth-order valence-corrected chi connectivity index (χ4v) is 4.10.